The molecule has 0 aromatic carbocycles. The molecular formula is C16H31N. The van der Waals surface area contributed by atoms with Gasteiger partial charge in [0, 0.05) is 0 Å². The molecule has 0 amide bonds. The van der Waals surface area contributed by atoms with E-state index in [1.807, 2.05) is 0 Å². The van der Waals surface area contributed by atoms with Crippen molar-refractivity contribution in [2.45, 2.75) is 65.2 Å². The van der Waals surface area contributed by atoms with Gasteiger partial charge in [-0.2, -0.15) is 0 Å². The number of nitrogens with zero attached hydrogens (tertiary/aromatic N) is 1. The summed E-state index contributed by atoms with van der Waals surface area (Å²) in [5.74, 6) is 1.99. The average molecular weight is 237 g/mol. The van der Waals surface area contributed by atoms with Crippen LogP contribution in [0.1, 0.15) is 65.2 Å². The molecule has 1 aliphatic heterocycles. The fourth-order valence-electron chi connectivity index (χ4n) is 3.86. The van der Waals surface area contributed by atoms with Crippen molar-refractivity contribution in [3.8, 4) is 0 Å². The van der Waals surface area contributed by atoms with E-state index in [4.69, 9.17) is 0 Å². The van der Waals surface area contributed by atoms with E-state index >= 15 is 0 Å². The third-order valence-electron chi connectivity index (χ3n) is 5.13. The Morgan fingerprint density at radius 2 is 1.76 bits per heavy atom. The van der Waals surface area contributed by atoms with Gasteiger partial charge < -0.3 is 4.90 Å². The molecule has 0 aromatic heterocycles. The van der Waals surface area contributed by atoms with Crippen LogP contribution in [0.5, 0.6) is 0 Å². The molecule has 2 rings (SSSR count). The van der Waals surface area contributed by atoms with E-state index in [1.165, 1.54) is 51.6 Å². The van der Waals surface area contributed by atoms with Crippen LogP contribution < -0.4 is 0 Å². The smallest absolute Gasteiger partial charge is 0.00165 e. The number of piperidine rings is 1. The van der Waals surface area contributed by atoms with Crippen molar-refractivity contribution in [2.24, 2.45) is 17.3 Å². The highest BCUT2D eigenvalue weighted by molar-refractivity contribution is 4.96. The minimum atomic E-state index is 0.801. The van der Waals surface area contributed by atoms with E-state index in [0.717, 1.165) is 17.3 Å². The maximum atomic E-state index is 2.50. The molecule has 1 saturated heterocycles. The lowest BCUT2D eigenvalue weighted by Crippen LogP contribution is -2.45. The standard InChI is InChI=1S/C16H31N/c1-14(2)6-4-5-7-15-12-16(13-15)8-10-17(3)11-9-16/h14-15H,4-13H2,1-3H3. The predicted molar refractivity (Wildman–Crippen MR) is 75.2 cm³/mol. The van der Waals surface area contributed by atoms with Crippen LogP contribution in [0.2, 0.25) is 0 Å². The molecule has 0 aromatic rings. The molecule has 0 bridgehead atoms. The SMILES string of the molecule is CC(C)CCCCC1CC2(CCN(C)CC2)C1. The summed E-state index contributed by atoms with van der Waals surface area (Å²) in [7, 11) is 2.27. The van der Waals surface area contributed by atoms with Gasteiger partial charge in [0.15, 0.2) is 0 Å². The van der Waals surface area contributed by atoms with Gasteiger partial charge in [-0.1, -0.05) is 39.5 Å². The molecular weight excluding hydrogens is 206 g/mol. The third kappa shape index (κ3) is 3.71. The summed E-state index contributed by atoms with van der Waals surface area (Å²) in [5.41, 5.74) is 0.801. The fraction of sp³-hybridized carbons (Fsp3) is 1.00. The number of likely N-dealkylation sites (tertiary alicyclic amines) is 1. The zero-order valence-electron chi connectivity index (χ0n) is 12.2. The number of unbranched alkanes of at least 4 members (excludes halogenated alkanes) is 1. The third-order valence-corrected chi connectivity index (χ3v) is 5.13. The molecule has 0 atom stereocenters. The molecule has 1 heteroatoms. The van der Waals surface area contributed by atoms with Crippen LogP contribution >= 0.6 is 0 Å². The summed E-state index contributed by atoms with van der Waals surface area (Å²) in [6.07, 6.45) is 12.0. The Hall–Kier alpha value is -0.0400. The summed E-state index contributed by atoms with van der Waals surface area (Å²) in [4.78, 5) is 2.50. The highest BCUT2D eigenvalue weighted by atomic mass is 15.1. The van der Waals surface area contributed by atoms with Gasteiger partial charge in [0.2, 0.25) is 0 Å². The molecule has 2 aliphatic rings. The van der Waals surface area contributed by atoms with Crippen molar-refractivity contribution < 1.29 is 0 Å². The van der Waals surface area contributed by atoms with E-state index < -0.39 is 0 Å². The number of rotatable bonds is 5. The van der Waals surface area contributed by atoms with E-state index in [-0.39, 0.29) is 0 Å². The van der Waals surface area contributed by atoms with Crippen molar-refractivity contribution in [3.05, 3.63) is 0 Å². The summed E-state index contributed by atoms with van der Waals surface area (Å²) >= 11 is 0. The minimum Gasteiger partial charge on any atom is -0.306 e. The molecule has 0 N–H and O–H groups in total. The summed E-state index contributed by atoms with van der Waals surface area (Å²) in [5, 5.41) is 0. The molecule has 1 aliphatic carbocycles. The maximum absolute atomic E-state index is 2.50. The number of hydrogen-bond acceptors (Lipinski definition) is 1. The lowest BCUT2D eigenvalue weighted by molar-refractivity contribution is -0.0110. The van der Waals surface area contributed by atoms with Gasteiger partial charge in [0.25, 0.3) is 0 Å². The van der Waals surface area contributed by atoms with Crippen LogP contribution in [-0.4, -0.2) is 25.0 Å². The molecule has 0 radical (unpaired) electrons. The average Bonchev–Trinajstić information content (AvgIpc) is 2.24. The minimum absolute atomic E-state index is 0.801. The molecule has 1 nitrogen and oxygen atoms in total. The van der Waals surface area contributed by atoms with Crippen LogP contribution in [0.3, 0.4) is 0 Å². The molecule has 0 unspecified atom stereocenters. The maximum Gasteiger partial charge on any atom is -0.00165 e. The first-order valence-corrected chi connectivity index (χ1v) is 7.78. The van der Waals surface area contributed by atoms with Crippen LogP contribution in [0.4, 0.5) is 0 Å². The Morgan fingerprint density at radius 1 is 1.12 bits per heavy atom. The van der Waals surface area contributed by atoms with Gasteiger partial charge in [-0.05, 0) is 63.1 Å². The Morgan fingerprint density at radius 3 is 2.35 bits per heavy atom. The lowest BCUT2D eigenvalue weighted by atomic mass is 9.56. The molecule has 2 fully saturated rings. The summed E-state index contributed by atoms with van der Waals surface area (Å²) in [6.45, 7) is 7.38. The Labute approximate surface area is 108 Å². The number of hydrogen-bond donors (Lipinski definition) is 0. The van der Waals surface area contributed by atoms with Crippen LogP contribution in [0, 0.1) is 17.3 Å². The molecule has 1 spiro atoms. The lowest BCUT2D eigenvalue weighted by Gasteiger charge is -2.52. The van der Waals surface area contributed by atoms with Crippen LogP contribution in [-0.2, 0) is 0 Å². The highest BCUT2D eigenvalue weighted by Gasteiger charge is 2.44. The normalized spacial score (nSPS) is 25.4. The van der Waals surface area contributed by atoms with Gasteiger partial charge in [-0.25, -0.2) is 0 Å². The first kappa shape index (κ1) is 13.4. The monoisotopic (exact) mass is 237 g/mol. The van der Waals surface area contributed by atoms with Crippen molar-refractivity contribution >= 4 is 0 Å². The van der Waals surface area contributed by atoms with Crippen LogP contribution in [0.15, 0.2) is 0 Å². The molecule has 17 heavy (non-hydrogen) atoms. The van der Waals surface area contributed by atoms with Gasteiger partial charge in [-0.15, -0.1) is 0 Å². The van der Waals surface area contributed by atoms with Crippen molar-refractivity contribution in [3.63, 3.8) is 0 Å². The topological polar surface area (TPSA) is 3.24 Å². The first-order valence-electron chi connectivity index (χ1n) is 7.78. The van der Waals surface area contributed by atoms with Crippen LogP contribution in [0.25, 0.3) is 0 Å². The predicted octanol–water partition coefficient (Wildman–Crippen LogP) is 4.32. The zero-order chi connectivity index (χ0) is 12.3. The Balaban J connectivity index is 1.56. The van der Waals surface area contributed by atoms with E-state index in [2.05, 4.69) is 25.8 Å². The van der Waals surface area contributed by atoms with E-state index in [9.17, 15) is 0 Å². The van der Waals surface area contributed by atoms with Crippen molar-refractivity contribution in [1.82, 2.24) is 4.90 Å². The zero-order valence-corrected chi connectivity index (χ0v) is 12.2. The second-order valence-electron chi connectivity index (χ2n) is 7.26. The van der Waals surface area contributed by atoms with Gasteiger partial charge in [-0.3, -0.25) is 0 Å². The first-order chi connectivity index (χ1) is 8.10. The highest BCUT2D eigenvalue weighted by Crippen LogP contribution is 2.53. The summed E-state index contributed by atoms with van der Waals surface area (Å²) < 4.78 is 0. The summed E-state index contributed by atoms with van der Waals surface area (Å²) in [6, 6.07) is 0. The van der Waals surface area contributed by atoms with Gasteiger partial charge in [0.1, 0.15) is 0 Å². The van der Waals surface area contributed by atoms with E-state index in [1.54, 1.807) is 12.8 Å². The second-order valence-corrected chi connectivity index (χ2v) is 7.26. The Bertz CT molecular complexity index is 218. The van der Waals surface area contributed by atoms with Crippen molar-refractivity contribution in [2.75, 3.05) is 20.1 Å². The fourth-order valence-corrected chi connectivity index (χ4v) is 3.86. The van der Waals surface area contributed by atoms with Crippen molar-refractivity contribution in [1.29, 1.82) is 0 Å². The van der Waals surface area contributed by atoms with Gasteiger partial charge in [0.05, 0.1) is 0 Å². The molecule has 100 valence electrons. The second kappa shape index (κ2) is 5.73. The quantitative estimate of drug-likeness (QED) is 0.644. The van der Waals surface area contributed by atoms with E-state index in [0.29, 0.717) is 0 Å². The Kier molecular flexibility index (Phi) is 4.52. The molecule has 1 saturated carbocycles. The van der Waals surface area contributed by atoms with Gasteiger partial charge >= 0.3 is 0 Å². The molecule has 1 heterocycles. The largest absolute Gasteiger partial charge is 0.306 e.